The number of hydrogen-bond acceptors (Lipinski definition) is 4. The molecule has 0 bridgehead atoms. The van der Waals surface area contributed by atoms with E-state index >= 15 is 0 Å². The summed E-state index contributed by atoms with van der Waals surface area (Å²) in [6.07, 6.45) is 2.34. The largest absolute Gasteiger partial charge is 0.487 e. The third-order valence-corrected chi connectivity index (χ3v) is 3.94. The van der Waals surface area contributed by atoms with Crippen molar-refractivity contribution in [1.29, 1.82) is 0 Å². The lowest BCUT2D eigenvalue weighted by molar-refractivity contribution is 0.0763. The van der Waals surface area contributed by atoms with Crippen LogP contribution in [0.2, 0.25) is 0 Å². The highest BCUT2D eigenvalue weighted by Crippen LogP contribution is 2.30. The molecule has 0 N–H and O–H groups in total. The smallest absolute Gasteiger partial charge is 0.289 e. The quantitative estimate of drug-likeness (QED) is 0.810. The summed E-state index contributed by atoms with van der Waals surface area (Å²) in [6, 6.07) is 7.50. The number of nitrogens with zero attached hydrogens (tertiary/aromatic N) is 1. The van der Waals surface area contributed by atoms with Gasteiger partial charge in [0.1, 0.15) is 12.7 Å². The van der Waals surface area contributed by atoms with Crippen LogP contribution in [0, 0.1) is 0 Å². The molecular weight excluding hydrogens is 270 g/mol. The van der Waals surface area contributed by atoms with Crippen LogP contribution in [0.3, 0.4) is 0 Å². The molecule has 21 heavy (non-hydrogen) atoms. The van der Waals surface area contributed by atoms with Gasteiger partial charge in [0, 0.05) is 18.5 Å². The molecule has 0 aliphatic carbocycles. The Balaban J connectivity index is 1.61. The van der Waals surface area contributed by atoms with Gasteiger partial charge in [-0.15, -0.1) is 0 Å². The van der Waals surface area contributed by atoms with Crippen LogP contribution in [0.25, 0.3) is 11.0 Å². The zero-order valence-corrected chi connectivity index (χ0v) is 11.7. The van der Waals surface area contributed by atoms with Crippen molar-refractivity contribution in [2.45, 2.75) is 18.9 Å². The van der Waals surface area contributed by atoms with E-state index in [1.807, 2.05) is 23.1 Å². The molecule has 1 aromatic heterocycles. The summed E-state index contributed by atoms with van der Waals surface area (Å²) in [6.45, 7) is 2.92. The first-order valence-electron chi connectivity index (χ1n) is 7.37. The highest BCUT2D eigenvalue weighted by Gasteiger charge is 2.25. The first-order chi connectivity index (χ1) is 10.3. The summed E-state index contributed by atoms with van der Waals surface area (Å²) < 4.78 is 16.6. The monoisotopic (exact) mass is 287 g/mol. The number of carbonyl (C=O) groups excluding carboxylic acids is 1. The first-order valence-corrected chi connectivity index (χ1v) is 7.37. The molecule has 0 saturated carbocycles. The predicted octanol–water partition coefficient (Wildman–Crippen LogP) is 2.45. The normalized spacial score (nSPS) is 21.0. The van der Waals surface area contributed by atoms with E-state index in [0.29, 0.717) is 23.7 Å². The molecule has 2 aliphatic heterocycles. The average molecular weight is 287 g/mol. The minimum atomic E-state index is -0.0276. The summed E-state index contributed by atoms with van der Waals surface area (Å²) >= 11 is 0. The second-order valence-corrected chi connectivity index (χ2v) is 5.55. The molecule has 1 amide bonds. The van der Waals surface area contributed by atoms with Gasteiger partial charge in [0.05, 0.1) is 6.61 Å². The van der Waals surface area contributed by atoms with Gasteiger partial charge in [-0.05, 0) is 25.0 Å². The Morgan fingerprint density at radius 3 is 2.90 bits per heavy atom. The van der Waals surface area contributed by atoms with E-state index in [9.17, 15) is 4.79 Å². The average Bonchev–Trinajstić information content (AvgIpc) is 3.02. The number of epoxide rings is 1. The van der Waals surface area contributed by atoms with Crippen LogP contribution in [-0.2, 0) is 4.74 Å². The number of benzene rings is 1. The summed E-state index contributed by atoms with van der Waals surface area (Å²) in [5.74, 6) is 1.04. The number of hydrogen-bond donors (Lipinski definition) is 0. The molecule has 2 aromatic rings. The number of ether oxygens (including phenoxy) is 2. The number of furan rings is 1. The van der Waals surface area contributed by atoms with Gasteiger partial charge in [0.15, 0.2) is 17.1 Å². The van der Waals surface area contributed by atoms with Gasteiger partial charge in [-0.25, -0.2) is 0 Å². The summed E-state index contributed by atoms with van der Waals surface area (Å²) in [5.41, 5.74) is 0.640. The Labute approximate surface area is 122 Å². The van der Waals surface area contributed by atoms with E-state index in [0.717, 1.165) is 37.9 Å². The molecule has 2 fully saturated rings. The number of rotatable bonds is 4. The van der Waals surface area contributed by atoms with Crippen LogP contribution in [0.5, 0.6) is 5.75 Å². The number of amides is 1. The van der Waals surface area contributed by atoms with E-state index in [-0.39, 0.29) is 12.0 Å². The Morgan fingerprint density at radius 2 is 2.14 bits per heavy atom. The maximum Gasteiger partial charge on any atom is 0.289 e. The number of fused-ring (bicyclic) bond motifs is 1. The third kappa shape index (κ3) is 2.49. The summed E-state index contributed by atoms with van der Waals surface area (Å²) in [7, 11) is 0. The third-order valence-electron chi connectivity index (χ3n) is 3.94. The van der Waals surface area contributed by atoms with E-state index in [4.69, 9.17) is 13.9 Å². The van der Waals surface area contributed by atoms with Crippen LogP contribution >= 0.6 is 0 Å². The van der Waals surface area contributed by atoms with Gasteiger partial charge in [0.2, 0.25) is 0 Å². The molecule has 5 heteroatoms. The van der Waals surface area contributed by atoms with Crippen molar-refractivity contribution < 1.29 is 18.7 Å². The Kier molecular flexibility index (Phi) is 3.07. The Hall–Kier alpha value is -2.01. The first kappa shape index (κ1) is 12.7. The molecule has 1 aromatic carbocycles. The van der Waals surface area contributed by atoms with Crippen molar-refractivity contribution >= 4 is 16.9 Å². The SMILES string of the molecule is O=C(c1cc2cccc(OC[C@@H]3CO3)c2o1)N1CCCC1. The van der Waals surface area contributed by atoms with Crippen LogP contribution in [0.15, 0.2) is 28.7 Å². The minimum absolute atomic E-state index is 0.0276. The fourth-order valence-electron chi connectivity index (χ4n) is 2.68. The number of para-hydroxylation sites is 1. The van der Waals surface area contributed by atoms with Crippen molar-refractivity contribution in [2.24, 2.45) is 0 Å². The molecule has 2 saturated heterocycles. The predicted molar refractivity (Wildman–Crippen MR) is 76.6 cm³/mol. The number of likely N-dealkylation sites (tertiary alicyclic amines) is 1. The topological polar surface area (TPSA) is 55.2 Å². The van der Waals surface area contributed by atoms with E-state index < -0.39 is 0 Å². The van der Waals surface area contributed by atoms with Crippen molar-refractivity contribution in [2.75, 3.05) is 26.3 Å². The molecule has 4 rings (SSSR count). The zero-order chi connectivity index (χ0) is 14.2. The standard InChI is InChI=1S/C16H17NO4/c18-16(17-6-1-2-7-17)14-8-11-4-3-5-13(15(11)21-14)20-10-12-9-19-12/h3-5,8,12H,1-2,6-7,9-10H2/t12-/m0/s1. The van der Waals surface area contributed by atoms with Crippen molar-refractivity contribution in [3.8, 4) is 5.75 Å². The number of carbonyl (C=O) groups is 1. The van der Waals surface area contributed by atoms with Crippen LogP contribution in [0.1, 0.15) is 23.4 Å². The van der Waals surface area contributed by atoms with Crippen molar-refractivity contribution in [3.05, 3.63) is 30.0 Å². The Bertz CT molecular complexity index is 668. The second-order valence-electron chi connectivity index (χ2n) is 5.55. The van der Waals surface area contributed by atoms with E-state index in [1.54, 1.807) is 6.07 Å². The Morgan fingerprint density at radius 1 is 1.33 bits per heavy atom. The van der Waals surface area contributed by atoms with Gasteiger partial charge in [-0.3, -0.25) is 4.79 Å². The van der Waals surface area contributed by atoms with Crippen LogP contribution in [-0.4, -0.2) is 43.2 Å². The van der Waals surface area contributed by atoms with Crippen LogP contribution < -0.4 is 4.74 Å². The van der Waals surface area contributed by atoms with Crippen molar-refractivity contribution in [3.63, 3.8) is 0 Å². The lowest BCUT2D eigenvalue weighted by atomic mass is 10.2. The molecule has 3 heterocycles. The molecule has 5 nitrogen and oxygen atoms in total. The molecule has 110 valence electrons. The molecule has 0 spiro atoms. The highest BCUT2D eigenvalue weighted by atomic mass is 16.6. The molecule has 0 radical (unpaired) electrons. The molecule has 0 unspecified atom stereocenters. The lowest BCUT2D eigenvalue weighted by Crippen LogP contribution is -2.27. The maximum atomic E-state index is 12.4. The maximum absolute atomic E-state index is 12.4. The molecule has 1 atom stereocenters. The fourth-order valence-corrected chi connectivity index (χ4v) is 2.68. The fraction of sp³-hybridized carbons (Fsp3) is 0.438. The van der Waals surface area contributed by atoms with Gasteiger partial charge < -0.3 is 18.8 Å². The summed E-state index contributed by atoms with van der Waals surface area (Å²) in [5, 5.41) is 0.895. The molecule has 2 aliphatic rings. The van der Waals surface area contributed by atoms with Gasteiger partial charge in [0.25, 0.3) is 5.91 Å². The minimum Gasteiger partial charge on any atom is -0.487 e. The highest BCUT2D eigenvalue weighted by molar-refractivity contribution is 5.97. The zero-order valence-electron chi connectivity index (χ0n) is 11.7. The molecular formula is C16H17NO4. The van der Waals surface area contributed by atoms with Crippen molar-refractivity contribution in [1.82, 2.24) is 4.90 Å². The van der Waals surface area contributed by atoms with Gasteiger partial charge >= 0.3 is 0 Å². The van der Waals surface area contributed by atoms with E-state index in [2.05, 4.69) is 0 Å². The van der Waals surface area contributed by atoms with E-state index in [1.165, 1.54) is 0 Å². The summed E-state index contributed by atoms with van der Waals surface area (Å²) in [4.78, 5) is 14.2. The lowest BCUT2D eigenvalue weighted by Gasteiger charge is -2.12. The van der Waals surface area contributed by atoms with Gasteiger partial charge in [-0.2, -0.15) is 0 Å². The van der Waals surface area contributed by atoms with Gasteiger partial charge in [-0.1, -0.05) is 12.1 Å². The second kappa shape index (κ2) is 5.07. The van der Waals surface area contributed by atoms with Crippen LogP contribution in [0.4, 0.5) is 0 Å².